The molecule has 2 atom stereocenters. The van der Waals surface area contributed by atoms with Crippen LogP contribution in [0.5, 0.6) is 0 Å². The van der Waals surface area contributed by atoms with E-state index in [1.807, 2.05) is 5.32 Å². The van der Waals surface area contributed by atoms with Crippen molar-refractivity contribution >= 4 is 11.9 Å². The SMILES string of the molecule is COC(=O)C1CC(C(F)(F)F)C(=O)N1. The fraction of sp³-hybridized carbons (Fsp3) is 0.714. The highest BCUT2D eigenvalue weighted by atomic mass is 19.4. The summed E-state index contributed by atoms with van der Waals surface area (Å²) in [6.45, 7) is 0. The average molecular weight is 211 g/mol. The lowest BCUT2D eigenvalue weighted by Gasteiger charge is -2.10. The number of hydrogen-bond donors (Lipinski definition) is 1. The average Bonchev–Trinajstić information content (AvgIpc) is 2.45. The number of hydrogen-bond acceptors (Lipinski definition) is 3. The molecule has 1 heterocycles. The summed E-state index contributed by atoms with van der Waals surface area (Å²) < 4.78 is 40.6. The van der Waals surface area contributed by atoms with Crippen molar-refractivity contribution in [2.45, 2.75) is 18.6 Å². The van der Waals surface area contributed by atoms with Crippen LogP contribution in [0.15, 0.2) is 0 Å². The predicted octanol–water partition coefficient (Wildman–Crippen LogP) is 0.226. The van der Waals surface area contributed by atoms with Gasteiger partial charge in [-0.15, -0.1) is 0 Å². The molecule has 1 N–H and O–H groups in total. The maximum absolute atomic E-state index is 12.1. The lowest BCUT2D eigenvalue weighted by atomic mass is 10.1. The monoisotopic (exact) mass is 211 g/mol. The topological polar surface area (TPSA) is 55.4 Å². The zero-order valence-electron chi connectivity index (χ0n) is 7.22. The summed E-state index contributed by atoms with van der Waals surface area (Å²) in [7, 11) is 1.05. The van der Waals surface area contributed by atoms with Gasteiger partial charge in [0.1, 0.15) is 12.0 Å². The second-order valence-electron chi connectivity index (χ2n) is 2.91. The molecule has 1 amide bonds. The molecule has 1 aliphatic rings. The quantitative estimate of drug-likeness (QED) is 0.631. The van der Waals surface area contributed by atoms with E-state index in [4.69, 9.17) is 0 Å². The van der Waals surface area contributed by atoms with Gasteiger partial charge in [0.2, 0.25) is 5.91 Å². The molecule has 0 spiro atoms. The van der Waals surface area contributed by atoms with Gasteiger partial charge in [-0.25, -0.2) is 4.79 Å². The molecule has 2 unspecified atom stereocenters. The number of carbonyl (C=O) groups excluding carboxylic acids is 2. The van der Waals surface area contributed by atoms with Gasteiger partial charge < -0.3 is 10.1 Å². The fourth-order valence-corrected chi connectivity index (χ4v) is 1.25. The largest absolute Gasteiger partial charge is 0.467 e. The number of carbonyl (C=O) groups is 2. The molecule has 0 saturated carbocycles. The minimum atomic E-state index is -4.60. The number of alkyl halides is 3. The highest BCUT2D eigenvalue weighted by Gasteiger charge is 2.51. The molecular formula is C7H8F3NO3. The second kappa shape index (κ2) is 3.47. The summed E-state index contributed by atoms with van der Waals surface area (Å²) in [6.07, 6.45) is -5.19. The van der Waals surface area contributed by atoms with E-state index in [9.17, 15) is 22.8 Å². The number of nitrogens with one attached hydrogen (secondary N) is 1. The summed E-state index contributed by atoms with van der Waals surface area (Å²) in [4.78, 5) is 21.6. The molecule has 0 aromatic carbocycles. The summed E-state index contributed by atoms with van der Waals surface area (Å²) >= 11 is 0. The van der Waals surface area contributed by atoms with Crippen LogP contribution in [0, 0.1) is 5.92 Å². The minimum absolute atomic E-state index is 0.588. The lowest BCUT2D eigenvalue weighted by molar-refractivity contribution is -0.178. The molecule has 0 bridgehead atoms. The summed E-state index contributed by atoms with van der Waals surface area (Å²) in [5.41, 5.74) is 0. The predicted molar refractivity (Wildman–Crippen MR) is 38.1 cm³/mol. The van der Waals surface area contributed by atoms with Gasteiger partial charge in [-0.2, -0.15) is 13.2 Å². The minimum Gasteiger partial charge on any atom is -0.467 e. The Morgan fingerprint density at radius 3 is 2.50 bits per heavy atom. The molecule has 1 aliphatic heterocycles. The number of halogens is 3. The van der Waals surface area contributed by atoms with Gasteiger partial charge in [0, 0.05) is 0 Å². The van der Waals surface area contributed by atoms with Crippen molar-refractivity contribution in [3.05, 3.63) is 0 Å². The van der Waals surface area contributed by atoms with E-state index >= 15 is 0 Å². The molecule has 0 aromatic rings. The van der Waals surface area contributed by atoms with Gasteiger partial charge in [0.15, 0.2) is 0 Å². The number of rotatable bonds is 1. The maximum Gasteiger partial charge on any atom is 0.400 e. The number of amides is 1. The van der Waals surface area contributed by atoms with Gasteiger partial charge in [-0.05, 0) is 6.42 Å². The molecule has 1 rings (SSSR count). The van der Waals surface area contributed by atoms with Crippen LogP contribution < -0.4 is 5.32 Å². The number of ether oxygens (including phenoxy) is 1. The Morgan fingerprint density at radius 1 is 1.57 bits per heavy atom. The Hall–Kier alpha value is -1.27. The van der Waals surface area contributed by atoms with Crippen LogP contribution in [0.4, 0.5) is 13.2 Å². The highest BCUT2D eigenvalue weighted by Crippen LogP contribution is 2.33. The Bertz CT molecular complexity index is 263. The smallest absolute Gasteiger partial charge is 0.400 e. The molecule has 0 radical (unpaired) electrons. The standard InChI is InChI=1S/C7H8F3NO3/c1-14-6(13)4-2-3(5(12)11-4)7(8,9)10/h3-4H,2H2,1H3,(H,11,12). The first-order valence-corrected chi connectivity index (χ1v) is 3.81. The highest BCUT2D eigenvalue weighted by molar-refractivity contribution is 5.90. The first-order valence-electron chi connectivity index (χ1n) is 3.81. The Balaban J connectivity index is 2.70. The van der Waals surface area contributed by atoms with E-state index in [-0.39, 0.29) is 0 Å². The van der Waals surface area contributed by atoms with Gasteiger partial charge in [-0.1, -0.05) is 0 Å². The van der Waals surface area contributed by atoms with Gasteiger partial charge in [0.25, 0.3) is 0 Å². The van der Waals surface area contributed by atoms with Crippen LogP contribution in [-0.4, -0.2) is 31.2 Å². The first-order chi connectivity index (χ1) is 6.36. The molecule has 1 fully saturated rings. The third kappa shape index (κ3) is 1.97. The maximum atomic E-state index is 12.1. The number of esters is 1. The van der Waals surface area contributed by atoms with Crippen molar-refractivity contribution in [2.24, 2.45) is 5.92 Å². The lowest BCUT2D eigenvalue weighted by Crippen LogP contribution is -2.35. The van der Waals surface area contributed by atoms with Crippen LogP contribution in [0.3, 0.4) is 0 Å². The van der Waals surface area contributed by atoms with Gasteiger partial charge in [-0.3, -0.25) is 4.79 Å². The Morgan fingerprint density at radius 2 is 2.14 bits per heavy atom. The van der Waals surface area contributed by atoms with Crippen LogP contribution in [0.2, 0.25) is 0 Å². The normalized spacial score (nSPS) is 27.3. The number of methoxy groups -OCH3 is 1. The van der Waals surface area contributed by atoms with E-state index in [1.54, 1.807) is 0 Å². The summed E-state index contributed by atoms with van der Waals surface area (Å²) in [6, 6.07) is -1.18. The molecule has 7 heteroatoms. The zero-order valence-corrected chi connectivity index (χ0v) is 7.22. The van der Waals surface area contributed by atoms with Crippen molar-refractivity contribution in [3.63, 3.8) is 0 Å². The van der Waals surface area contributed by atoms with E-state index in [1.165, 1.54) is 0 Å². The Kier molecular flexibility index (Phi) is 2.68. The van der Waals surface area contributed by atoms with Gasteiger partial charge in [0.05, 0.1) is 7.11 Å². The third-order valence-electron chi connectivity index (χ3n) is 1.99. The van der Waals surface area contributed by atoms with Crippen LogP contribution >= 0.6 is 0 Å². The Labute approximate surface area is 77.4 Å². The first kappa shape index (κ1) is 10.8. The molecular weight excluding hydrogens is 203 g/mol. The third-order valence-corrected chi connectivity index (χ3v) is 1.99. The second-order valence-corrected chi connectivity index (χ2v) is 2.91. The van der Waals surface area contributed by atoms with E-state index in [0.29, 0.717) is 0 Å². The molecule has 1 saturated heterocycles. The van der Waals surface area contributed by atoms with Crippen molar-refractivity contribution in [1.82, 2.24) is 5.32 Å². The van der Waals surface area contributed by atoms with Crippen molar-refractivity contribution in [1.29, 1.82) is 0 Å². The van der Waals surface area contributed by atoms with Crippen LogP contribution in [0.25, 0.3) is 0 Å². The molecule has 0 aliphatic carbocycles. The van der Waals surface area contributed by atoms with E-state index in [2.05, 4.69) is 4.74 Å². The molecule has 0 aromatic heterocycles. The summed E-state index contributed by atoms with van der Waals surface area (Å²) in [5.74, 6) is -4.13. The summed E-state index contributed by atoms with van der Waals surface area (Å²) in [5, 5.41) is 1.93. The van der Waals surface area contributed by atoms with E-state index < -0.39 is 36.4 Å². The van der Waals surface area contributed by atoms with Crippen molar-refractivity contribution in [2.75, 3.05) is 7.11 Å². The van der Waals surface area contributed by atoms with Crippen molar-refractivity contribution in [3.8, 4) is 0 Å². The van der Waals surface area contributed by atoms with Crippen LogP contribution in [-0.2, 0) is 14.3 Å². The van der Waals surface area contributed by atoms with Crippen LogP contribution in [0.1, 0.15) is 6.42 Å². The fourth-order valence-electron chi connectivity index (χ4n) is 1.25. The molecule has 14 heavy (non-hydrogen) atoms. The molecule has 80 valence electrons. The van der Waals surface area contributed by atoms with Crippen molar-refractivity contribution < 1.29 is 27.5 Å². The van der Waals surface area contributed by atoms with Gasteiger partial charge >= 0.3 is 12.1 Å². The van der Waals surface area contributed by atoms with E-state index in [0.717, 1.165) is 7.11 Å². The molecule has 4 nitrogen and oxygen atoms in total. The zero-order chi connectivity index (χ0) is 10.9.